The highest BCUT2D eigenvalue weighted by Crippen LogP contribution is 2.28. The Morgan fingerprint density at radius 1 is 1.53 bits per heavy atom. The highest BCUT2D eigenvalue weighted by Gasteiger charge is 2.39. The number of rotatable bonds is 5. The second kappa shape index (κ2) is 5.28. The molecule has 0 aliphatic heterocycles. The van der Waals surface area contributed by atoms with Gasteiger partial charge in [0.15, 0.2) is 0 Å². The number of nitrogens with two attached hydrogens (primary N) is 1. The number of nitrogens with zero attached hydrogens (tertiary/aromatic N) is 1. The van der Waals surface area contributed by atoms with Gasteiger partial charge < -0.3 is 15.7 Å². The number of hydrogen-bond donors (Lipinski definition) is 2. The highest BCUT2D eigenvalue weighted by molar-refractivity contribution is 5.86. The fraction of sp³-hybridized carbons (Fsp3) is 0.727. The normalized spacial score (nSPS) is 18.8. The summed E-state index contributed by atoms with van der Waals surface area (Å²) in [6.45, 7) is 4.36. The van der Waals surface area contributed by atoms with Gasteiger partial charge in [-0.2, -0.15) is 0 Å². The Balaban J connectivity index is 2.65. The number of aliphatic hydroxyl groups excluding tert-OH is 1. The number of amides is 1. The number of carbonyl (C=O) groups is 1. The van der Waals surface area contributed by atoms with Gasteiger partial charge >= 0.3 is 0 Å². The summed E-state index contributed by atoms with van der Waals surface area (Å²) in [4.78, 5) is 13.7. The van der Waals surface area contributed by atoms with Crippen LogP contribution in [0.3, 0.4) is 0 Å². The molecule has 1 amide bonds. The SMILES string of the molecule is C=CCN(CCO)C(=O)C1(N)CCCC1. The van der Waals surface area contributed by atoms with E-state index in [-0.39, 0.29) is 12.5 Å². The molecule has 4 heteroatoms. The van der Waals surface area contributed by atoms with Crippen LogP contribution in [0.15, 0.2) is 12.7 Å². The molecule has 3 N–H and O–H groups in total. The van der Waals surface area contributed by atoms with Crippen molar-refractivity contribution >= 4 is 5.91 Å². The molecule has 15 heavy (non-hydrogen) atoms. The second-order valence-electron chi connectivity index (χ2n) is 4.13. The van der Waals surface area contributed by atoms with Crippen LogP contribution in [0.2, 0.25) is 0 Å². The molecular weight excluding hydrogens is 192 g/mol. The van der Waals surface area contributed by atoms with E-state index in [1.807, 2.05) is 0 Å². The van der Waals surface area contributed by atoms with Crippen LogP contribution in [0.25, 0.3) is 0 Å². The van der Waals surface area contributed by atoms with Crippen LogP contribution in [0.4, 0.5) is 0 Å². The molecule has 4 nitrogen and oxygen atoms in total. The zero-order chi connectivity index (χ0) is 11.3. The molecule has 0 unspecified atom stereocenters. The average Bonchev–Trinajstić information content (AvgIpc) is 2.65. The van der Waals surface area contributed by atoms with Gasteiger partial charge in [0.25, 0.3) is 0 Å². The van der Waals surface area contributed by atoms with E-state index in [0.29, 0.717) is 13.1 Å². The Morgan fingerprint density at radius 2 is 2.13 bits per heavy atom. The molecule has 0 aromatic rings. The third-order valence-corrected chi connectivity index (χ3v) is 2.93. The summed E-state index contributed by atoms with van der Waals surface area (Å²) < 4.78 is 0. The molecule has 0 saturated heterocycles. The third-order valence-electron chi connectivity index (χ3n) is 2.93. The Hall–Kier alpha value is -0.870. The molecule has 0 atom stereocenters. The molecule has 0 spiro atoms. The highest BCUT2D eigenvalue weighted by atomic mass is 16.3. The molecule has 1 rings (SSSR count). The van der Waals surface area contributed by atoms with Crippen LogP contribution in [-0.2, 0) is 4.79 Å². The lowest BCUT2D eigenvalue weighted by Gasteiger charge is -2.30. The molecule has 0 radical (unpaired) electrons. The molecular formula is C11H20N2O2. The van der Waals surface area contributed by atoms with Crippen LogP contribution < -0.4 is 5.73 Å². The van der Waals surface area contributed by atoms with Crippen molar-refractivity contribution in [1.29, 1.82) is 0 Å². The molecule has 0 aromatic heterocycles. The predicted molar refractivity (Wildman–Crippen MR) is 59.2 cm³/mol. The van der Waals surface area contributed by atoms with Gasteiger partial charge in [-0.05, 0) is 12.8 Å². The van der Waals surface area contributed by atoms with Crippen molar-refractivity contribution < 1.29 is 9.90 Å². The molecule has 1 aliphatic carbocycles. The summed E-state index contributed by atoms with van der Waals surface area (Å²) >= 11 is 0. The first-order valence-corrected chi connectivity index (χ1v) is 5.44. The summed E-state index contributed by atoms with van der Waals surface area (Å²) in [6, 6.07) is 0. The Bertz CT molecular complexity index is 235. The number of hydrogen-bond acceptors (Lipinski definition) is 3. The van der Waals surface area contributed by atoms with Gasteiger partial charge in [0.1, 0.15) is 0 Å². The van der Waals surface area contributed by atoms with Crippen molar-refractivity contribution in [3.8, 4) is 0 Å². The Labute approximate surface area is 90.7 Å². The van der Waals surface area contributed by atoms with Gasteiger partial charge in [0, 0.05) is 13.1 Å². The fourth-order valence-corrected chi connectivity index (χ4v) is 2.09. The predicted octanol–water partition coefficient (Wildman–Crippen LogP) is 0.265. The van der Waals surface area contributed by atoms with Gasteiger partial charge in [-0.3, -0.25) is 4.79 Å². The maximum Gasteiger partial charge on any atom is 0.243 e. The standard InChI is InChI=1S/C11H20N2O2/c1-2-7-13(8-9-14)10(15)11(12)5-3-4-6-11/h2,14H,1,3-9,12H2. The molecule has 1 saturated carbocycles. The molecule has 0 aromatic carbocycles. The minimum atomic E-state index is -0.696. The number of carbonyl (C=O) groups excluding carboxylic acids is 1. The smallest absolute Gasteiger partial charge is 0.243 e. The van der Waals surface area contributed by atoms with Crippen LogP contribution in [-0.4, -0.2) is 41.1 Å². The van der Waals surface area contributed by atoms with E-state index in [0.717, 1.165) is 25.7 Å². The summed E-state index contributed by atoms with van der Waals surface area (Å²) in [5.41, 5.74) is 5.36. The third kappa shape index (κ3) is 2.79. The lowest BCUT2D eigenvalue weighted by Crippen LogP contribution is -2.54. The first-order chi connectivity index (χ1) is 7.14. The van der Waals surface area contributed by atoms with E-state index in [2.05, 4.69) is 6.58 Å². The lowest BCUT2D eigenvalue weighted by molar-refractivity contribution is -0.136. The first-order valence-electron chi connectivity index (χ1n) is 5.44. The van der Waals surface area contributed by atoms with Gasteiger partial charge in [-0.25, -0.2) is 0 Å². The van der Waals surface area contributed by atoms with Crippen molar-refractivity contribution in [2.45, 2.75) is 31.2 Å². The van der Waals surface area contributed by atoms with Crippen molar-refractivity contribution in [3.63, 3.8) is 0 Å². The van der Waals surface area contributed by atoms with E-state index in [1.54, 1.807) is 11.0 Å². The molecule has 86 valence electrons. The lowest BCUT2D eigenvalue weighted by atomic mass is 9.97. The number of aliphatic hydroxyl groups is 1. The van der Waals surface area contributed by atoms with Crippen molar-refractivity contribution in [2.75, 3.05) is 19.7 Å². The van der Waals surface area contributed by atoms with Gasteiger partial charge in [-0.15, -0.1) is 6.58 Å². The van der Waals surface area contributed by atoms with E-state index >= 15 is 0 Å². The van der Waals surface area contributed by atoms with E-state index in [9.17, 15) is 4.79 Å². The largest absolute Gasteiger partial charge is 0.395 e. The van der Waals surface area contributed by atoms with Crippen LogP contribution >= 0.6 is 0 Å². The van der Waals surface area contributed by atoms with E-state index in [1.165, 1.54) is 0 Å². The van der Waals surface area contributed by atoms with Gasteiger partial charge in [-0.1, -0.05) is 18.9 Å². The van der Waals surface area contributed by atoms with Crippen molar-refractivity contribution in [1.82, 2.24) is 4.90 Å². The zero-order valence-corrected chi connectivity index (χ0v) is 9.11. The van der Waals surface area contributed by atoms with Crippen molar-refractivity contribution in [3.05, 3.63) is 12.7 Å². The summed E-state index contributed by atoms with van der Waals surface area (Å²) in [5, 5.41) is 8.87. The summed E-state index contributed by atoms with van der Waals surface area (Å²) in [7, 11) is 0. The minimum Gasteiger partial charge on any atom is -0.395 e. The molecule has 1 fully saturated rings. The fourth-order valence-electron chi connectivity index (χ4n) is 2.09. The minimum absolute atomic E-state index is 0.0321. The summed E-state index contributed by atoms with van der Waals surface area (Å²) in [6.07, 6.45) is 5.20. The average molecular weight is 212 g/mol. The van der Waals surface area contributed by atoms with Crippen LogP contribution in [0.5, 0.6) is 0 Å². The quantitative estimate of drug-likeness (QED) is 0.643. The first kappa shape index (κ1) is 12.2. The molecule has 1 aliphatic rings. The Kier molecular flexibility index (Phi) is 4.29. The van der Waals surface area contributed by atoms with Gasteiger partial charge in [0.2, 0.25) is 5.91 Å². The van der Waals surface area contributed by atoms with Crippen LogP contribution in [0.1, 0.15) is 25.7 Å². The van der Waals surface area contributed by atoms with E-state index in [4.69, 9.17) is 10.8 Å². The topological polar surface area (TPSA) is 66.6 Å². The molecule has 0 heterocycles. The zero-order valence-electron chi connectivity index (χ0n) is 9.11. The summed E-state index contributed by atoms with van der Waals surface area (Å²) in [5.74, 6) is -0.0473. The van der Waals surface area contributed by atoms with Crippen molar-refractivity contribution in [2.24, 2.45) is 5.73 Å². The molecule has 0 bridgehead atoms. The Morgan fingerprint density at radius 3 is 2.60 bits per heavy atom. The van der Waals surface area contributed by atoms with Gasteiger partial charge in [0.05, 0.1) is 12.1 Å². The van der Waals surface area contributed by atoms with E-state index < -0.39 is 5.54 Å². The monoisotopic (exact) mass is 212 g/mol. The maximum atomic E-state index is 12.1. The second-order valence-corrected chi connectivity index (χ2v) is 4.13. The van der Waals surface area contributed by atoms with Crippen LogP contribution in [0, 0.1) is 0 Å². The maximum absolute atomic E-state index is 12.1.